The van der Waals surface area contributed by atoms with Gasteiger partial charge in [0.1, 0.15) is 11.0 Å². The maximum Gasteiger partial charge on any atom is 0.113 e. The molecule has 0 saturated heterocycles. The second kappa shape index (κ2) is 7.35. The average molecular weight is 319 g/mol. The Hall–Kier alpha value is -1.95. The highest BCUT2D eigenvalue weighted by atomic mass is 35.5. The van der Waals surface area contributed by atoms with Gasteiger partial charge in [-0.3, -0.25) is 0 Å². The number of aliphatic hydroxyl groups is 1. The summed E-state index contributed by atoms with van der Waals surface area (Å²) in [5, 5.41) is 18.9. The molecule has 0 bridgehead atoms. The summed E-state index contributed by atoms with van der Waals surface area (Å²) in [5.74, 6) is 0. The predicted octanol–water partition coefficient (Wildman–Crippen LogP) is 1.78. The molecule has 0 spiro atoms. The highest BCUT2D eigenvalue weighted by Crippen LogP contribution is 2.09. The fraction of sp³-hybridized carbons (Fsp3) is 0.250. The summed E-state index contributed by atoms with van der Waals surface area (Å²) in [6.07, 6.45) is -0.0602. The smallest absolute Gasteiger partial charge is 0.113 e. The number of rotatable bonds is 5. The molecule has 6 heteroatoms. The molecular formula is C16H19ClN4O. The third kappa shape index (κ3) is 3.82. The fourth-order valence-electron chi connectivity index (χ4n) is 2.31. The number of nitrogens with zero attached hydrogens (tertiary/aromatic N) is 3. The molecule has 2 atom stereocenters. The molecule has 3 aromatic rings. The van der Waals surface area contributed by atoms with E-state index >= 15 is 0 Å². The molecule has 0 aliphatic rings. The summed E-state index contributed by atoms with van der Waals surface area (Å²) >= 11 is 0. The van der Waals surface area contributed by atoms with Gasteiger partial charge in [0.25, 0.3) is 0 Å². The lowest BCUT2D eigenvalue weighted by Crippen LogP contribution is -2.39. The number of halogens is 1. The fourth-order valence-corrected chi connectivity index (χ4v) is 2.31. The molecule has 5 nitrogen and oxygen atoms in total. The van der Waals surface area contributed by atoms with E-state index in [9.17, 15) is 5.11 Å². The minimum absolute atomic E-state index is 0. The summed E-state index contributed by atoms with van der Waals surface area (Å²) in [6, 6.07) is 17.2. The number of hydrogen-bond donors (Lipinski definition) is 2. The van der Waals surface area contributed by atoms with Crippen molar-refractivity contribution in [3.63, 3.8) is 0 Å². The van der Waals surface area contributed by atoms with Crippen molar-refractivity contribution in [2.24, 2.45) is 5.73 Å². The Morgan fingerprint density at radius 3 is 2.09 bits per heavy atom. The van der Waals surface area contributed by atoms with Crippen LogP contribution < -0.4 is 5.73 Å². The van der Waals surface area contributed by atoms with Crippen LogP contribution in [0.15, 0.2) is 54.6 Å². The Balaban J connectivity index is 0.00000176. The molecule has 3 rings (SSSR count). The van der Waals surface area contributed by atoms with E-state index < -0.39 is 6.10 Å². The van der Waals surface area contributed by atoms with Crippen LogP contribution in [0, 0.1) is 0 Å². The maximum absolute atomic E-state index is 10.2. The Morgan fingerprint density at radius 1 is 0.955 bits per heavy atom. The average Bonchev–Trinajstić information content (AvgIpc) is 2.90. The van der Waals surface area contributed by atoms with Gasteiger partial charge in [0.2, 0.25) is 0 Å². The zero-order valence-corrected chi connectivity index (χ0v) is 12.9. The Labute approximate surface area is 135 Å². The van der Waals surface area contributed by atoms with Crippen molar-refractivity contribution in [3.8, 4) is 0 Å². The Morgan fingerprint density at radius 2 is 1.50 bits per heavy atom. The molecule has 0 amide bonds. The zero-order chi connectivity index (χ0) is 14.7. The number of aliphatic hydroxyl groups excluding tert-OH is 1. The first-order valence-electron chi connectivity index (χ1n) is 7.00. The van der Waals surface area contributed by atoms with Crippen molar-refractivity contribution in [1.82, 2.24) is 15.0 Å². The highest BCUT2D eigenvalue weighted by Gasteiger charge is 2.17. The van der Waals surface area contributed by atoms with Crippen LogP contribution in [0.3, 0.4) is 0 Å². The van der Waals surface area contributed by atoms with Crippen LogP contribution in [0.4, 0.5) is 0 Å². The lowest BCUT2D eigenvalue weighted by Gasteiger charge is -2.18. The molecule has 0 unspecified atom stereocenters. The van der Waals surface area contributed by atoms with E-state index in [-0.39, 0.29) is 18.4 Å². The van der Waals surface area contributed by atoms with Crippen LogP contribution in [0.2, 0.25) is 0 Å². The second-order valence-corrected chi connectivity index (χ2v) is 5.16. The largest absolute Gasteiger partial charge is 0.389 e. The molecule has 2 aromatic carbocycles. The molecule has 22 heavy (non-hydrogen) atoms. The number of nitrogens with two attached hydrogens (primary N) is 1. The van der Waals surface area contributed by atoms with Crippen molar-refractivity contribution >= 4 is 23.4 Å². The highest BCUT2D eigenvalue weighted by molar-refractivity contribution is 5.85. The summed E-state index contributed by atoms with van der Waals surface area (Å²) in [5.41, 5.74) is 8.83. The quantitative estimate of drug-likeness (QED) is 0.752. The normalized spacial score (nSPS) is 13.5. The lowest BCUT2D eigenvalue weighted by atomic mass is 10.0. The zero-order valence-electron chi connectivity index (χ0n) is 12.0. The van der Waals surface area contributed by atoms with Gasteiger partial charge in [-0.25, -0.2) is 0 Å². The summed E-state index contributed by atoms with van der Waals surface area (Å²) in [4.78, 5) is 1.51. The van der Waals surface area contributed by atoms with E-state index in [1.807, 2.05) is 54.6 Å². The first kappa shape index (κ1) is 16.4. The number of benzene rings is 2. The topological polar surface area (TPSA) is 77.0 Å². The van der Waals surface area contributed by atoms with E-state index in [0.717, 1.165) is 16.6 Å². The standard InChI is InChI=1S/C16H18N4O.ClH/c17-13(10-12-6-2-1-3-7-12)16(21)11-20-18-14-8-4-5-9-15(14)19-20;/h1-9,13,16,21H,10-11,17H2;1H/t13-,16+;/m1./s1. The number of hydrogen-bond acceptors (Lipinski definition) is 4. The van der Waals surface area contributed by atoms with Gasteiger partial charge < -0.3 is 10.8 Å². The van der Waals surface area contributed by atoms with E-state index in [2.05, 4.69) is 10.2 Å². The molecular weight excluding hydrogens is 300 g/mol. The molecule has 0 radical (unpaired) electrons. The Bertz CT molecular complexity index is 683. The van der Waals surface area contributed by atoms with Gasteiger partial charge in [0.15, 0.2) is 0 Å². The van der Waals surface area contributed by atoms with Crippen LogP contribution in [-0.2, 0) is 13.0 Å². The van der Waals surface area contributed by atoms with Crippen LogP contribution in [0.1, 0.15) is 5.56 Å². The van der Waals surface area contributed by atoms with Gasteiger partial charge in [0, 0.05) is 6.04 Å². The molecule has 0 aliphatic heterocycles. The molecule has 0 aliphatic carbocycles. The minimum atomic E-state index is -0.688. The molecule has 0 fully saturated rings. The van der Waals surface area contributed by atoms with Gasteiger partial charge in [0.05, 0.1) is 12.6 Å². The number of fused-ring (bicyclic) bond motifs is 1. The van der Waals surface area contributed by atoms with Crippen LogP contribution in [0.5, 0.6) is 0 Å². The predicted molar refractivity (Wildman–Crippen MR) is 88.9 cm³/mol. The third-order valence-electron chi connectivity index (χ3n) is 3.49. The van der Waals surface area contributed by atoms with E-state index in [1.165, 1.54) is 4.80 Å². The van der Waals surface area contributed by atoms with Gasteiger partial charge >= 0.3 is 0 Å². The van der Waals surface area contributed by atoms with Crippen LogP contribution in [0.25, 0.3) is 11.0 Å². The number of aromatic nitrogens is 3. The van der Waals surface area contributed by atoms with Crippen LogP contribution >= 0.6 is 12.4 Å². The third-order valence-corrected chi connectivity index (χ3v) is 3.49. The van der Waals surface area contributed by atoms with Crippen molar-refractivity contribution in [2.45, 2.75) is 25.1 Å². The molecule has 1 aromatic heterocycles. The SMILES string of the molecule is Cl.N[C@H](Cc1ccccc1)[C@@H](O)Cn1nc2ccccc2n1. The monoisotopic (exact) mass is 318 g/mol. The van der Waals surface area contributed by atoms with Crippen LogP contribution in [-0.4, -0.2) is 32.2 Å². The summed E-state index contributed by atoms with van der Waals surface area (Å²) in [7, 11) is 0. The molecule has 116 valence electrons. The van der Waals surface area contributed by atoms with E-state index in [1.54, 1.807) is 0 Å². The van der Waals surface area contributed by atoms with Gasteiger partial charge in [-0.05, 0) is 24.1 Å². The van der Waals surface area contributed by atoms with Gasteiger partial charge in [-0.15, -0.1) is 12.4 Å². The van der Waals surface area contributed by atoms with Crippen molar-refractivity contribution in [3.05, 3.63) is 60.2 Å². The van der Waals surface area contributed by atoms with Gasteiger partial charge in [-0.1, -0.05) is 42.5 Å². The van der Waals surface area contributed by atoms with E-state index in [0.29, 0.717) is 13.0 Å². The lowest BCUT2D eigenvalue weighted by molar-refractivity contribution is 0.116. The molecule has 0 saturated carbocycles. The van der Waals surface area contributed by atoms with Crippen molar-refractivity contribution in [2.75, 3.05) is 0 Å². The second-order valence-electron chi connectivity index (χ2n) is 5.16. The Kier molecular flexibility index (Phi) is 5.49. The minimum Gasteiger partial charge on any atom is -0.389 e. The van der Waals surface area contributed by atoms with Crippen molar-refractivity contribution in [1.29, 1.82) is 0 Å². The summed E-state index contributed by atoms with van der Waals surface area (Å²) in [6.45, 7) is 0.294. The molecule has 1 heterocycles. The first-order chi connectivity index (χ1) is 10.2. The first-order valence-corrected chi connectivity index (χ1v) is 7.00. The van der Waals surface area contributed by atoms with Crippen molar-refractivity contribution < 1.29 is 5.11 Å². The van der Waals surface area contributed by atoms with Gasteiger partial charge in [-0.2, -0.15) is 15.0 Å². The summed E-state index contributed by atoms with van der Waals surface area (Å²) < 4.78 is 0. The maximum atomic E-state index is 10.2. The molecule has 3 N–H and O–H groups in total. The van der Waals surface area contributed by atoms with E-state index in [4.69, 9.17) is 5.73 Å².